The van der Waals surface area contributed by atoms with E-state index < -0.39 is 0 Å². The van der Waals surface area contributed by atoms with Crippen LogP contribution in [0.5, 0.6) is 0 Å². The van der Waals surface area contributed by atoms with E-state index in [0.717, 1.165) is 30.6 Å². The molecule has 4 rings (SSSR count). The second kappa shape index (κ2) is 5.44. The summed E-state index contributed by atoms with van der Waals surface area (Å²) >= 11 is 1.64. The van der Waals surface area contributed by atoms with E-state index >= 15 is 0 Å². The van der Waals surface area contributed by atoms with E-state index in [0.29, 0.717) is 0 Å². The van der Waals surface area contributed by atoms with Gasteiger partial charge in [0.2, 0.25) is 11.8 Å². The van der Waals surface area contributed by atoms with Crippen molar-refractivity contribution in [2.24, 2.45) is 5.92 Å². The number of hydrazine groups is 1. The molecule has 0 spiro atoms. The van der Waals surface area contributed by atoms with Crippen LogP contribution in [0, 0.1) is 5.92 Å². The standard InChI is InChI=1S/C16H21N3O2S/c1-18-14-12(13(17-18)11-8-5-9-22-11)15(20)19(16(14)21)10-6-3-2-4-7-10/h5,8-10,12-14,17H,2-4,6-7H2,1H3. The molecule has 2 aliphatic heterocycles. The second-order valence-corrected chi connectivity index (χ2v) is 7.52. The highest BCUT2D eigenvalue weighted by Gasteiger charge is 2.59. The lowest BCUT2D eigenvalue weighted by molar-refractivity contribution is -0.144. The quantitative estimate of drug-likeness (QED) is 0.846. The number of nitrogens with one attached hydrogen (secondary N) is 1. The SMILES string of the molecule is CN1NC(c2cccs2)C2C(=O)N(C3CCCCC3)C(=O)C21. The van der Waals surface area contributed by atoms with Gasteiger partial charge in [0.15, 0.2) is 0 Å². The lowest BCUT2D eigenvalue weighted by atomic mass is 9.93. The van der Waals surface area contributed by atoms with Crippen LogP contribution in [0.3, 0.4) is 0 Å². The Morgan fingerprint density at radius 2 is 1.95 bits per heavy atom. The molecule has 3 fully saturated rings. The summed E-state index contributed by atoms with van der Waals surface area (Å²) in [4.78, 5) is 28.6. The molecule has 1 aliphatic carbocycles. The van der Waals surface area contributed by atoms with E-state index in [9.17, 15) is 9.59 Å². The van der Waals surface area contributed by atoms with Gasteiger partial charge in [-0.2, -0.15) is 0 Å². The molecule has 0 aromatic carbocycles. The number of carbonyl (C=O) groups is 2. The Kier molecular flexibility index (Phi) is 3.55. The largest absolute Gasteiger partial charge is 0.278 e. The number of likely N-dealkylation sites (tertiary alicyclic amines) is 1. The van der Waals surface area contributed by atoms with Crippen LogP contribution in [-0.2, 0) is 9.59 Å². The number of fused-ring (bicyclic) bond motifs is 1. The fourth-order valence-electron chi connectivity index (χ4n) is 4.22. The highest BCUT2D eigenvalue weighted by molar-refractivity contribution is 7.10. The summed E-state index contributed by atoms with van der Waals surface area (Å²) < 4.78 is 0. The molecule has 0 radical (unpaired) electrons. The number of likely N-dealkylation sites (N-methyl/N-ethyl adjacent to an activating group) is 1. The number of amides is 2. The molecule has 3 atom stereocenters. The van der Waals surface area contributed by atoms with Crippen LogP contribution < -0.4 is 5.43 Å². The molecule has 1 N–H and O–H groups in total. The average Bonchev–Trinajstić information content (AvgIpc) is 3.20. The van der Waals surface area contributed by atoms with Gasteiger partial charge in [-0.1, -0.05) is 25.3 Å². The molecule has 6 heteroatoms. The molecule has 3 heterocycles. The Balaban J connectivity index is 1.65. The molecule has 1 aromatic heterocycles. The Morgan fingerprint density at radius 1 is 1.18 bits per heavy atom. The van der Waals surface area contributed by atoms with Crippen molar-refractivity contribution in [2.45, 2.75) is 50.2 Å². The lowest BCUT2D eigenvalue weighted by Crippen LogP contribution is -2.47. The monoisotopic (exact) mass is 319 g/mol. The van der Waals surface area contributed by atoms with Crippen molar-refractivity contribution < 1.29 is 9.59 Å². The van der Waals surface area contributed by atoms with Crippen molar-refractivity contribution in [2.75, 3.05) is 7.05 Å². The maximum absolute atomic E-state index is 13.0. The smallest absolute Gasteiger partial charge is 0.249 e. The number of thiophene rings is 1. The molecular formula is C16H21N3O2S. The van der Waals surface area contributed by atoms with Crippen LogP contribution in [-0.4, -0.2) is 40.9 Å². The van der Waals surface area contributed by atoms with Gasteiger partial charge in [0.05, 0.1) is 12.0 Å². The minimum absolute atomic E-state index is 0.00374. The summed E-state index contributed by atoms with van der Waals surface area (Å²) in [5.74, 6) is -0.258. The van der Waals surface area contributed by atoms with Gasteiger partial charge in [-0.15, -0.1) is 11.3 Å². The number of hydrogen-bond acceptors (Lipinski definition) is 5. The molecule has 2 saturated heterocycles. The summed E-state index contributed by atoms with van der Waals surface area (Å²) in [6.45, 7) is 0. The number of imide groups is 1. The minimum Gasteiger partial charge on any atom is -0.278 e. The second-order valence-electron chi connectivity index (χ2n) is 6.54. The molecule has 2 amide bonds. The summed E-state index contributed by atoms with van der Waals surface area (Å²) in [6, 6.07) is 3.74. The maximum atomic E-state index is 13.0. The molecular weight excluding hydrogens is 298 g/mol. The highest BCUT2D eigenvalue weighted by atomic mass is 32.1. The zero-order valence-electron chi connectivity index (χ0n) is 12.7. The molecule has 0 bridgehead atoms. The zero-order chi connectivity index (χ0) is 15.3. The number of hydrogen-bond donors (Lipinski definition) is 1. The van der Waals surface area contributed by atoms with Crippen LogP contribution in [0.15, 0.2) is 17.5 Å². The Hall–Kier alpha value is -1.24. The average molecular weight is 319 g/mol. The van der Waals surface area contributed by atoms with Gasteiger partial charge in [0.1, 0.15) is 6.04 Å². The van der Waals surface area contributed by atoms with Gasteiger partial charge in [0.25, 0.3) is 0 Å². The van der Waals surface area contributed by atoms with Gasteiger partial charge in [0, 0.05) is 18.0 Å². The molecule has 3 unspecified atom stereocenters. The van der Waals surface area contributed by atoms with E-state index in [1.165, 1.54) is 6.42 Å². The van der Waals surface area contributed by atoms with E-state index in [1.54, 1.807) is 16.2 Å². The third-order valence-electron chi connectivity index (χ3n) is 5.26. The minimum atomic E-state index is -0.346. The van der Waals surface area contributed by atoms with Crippen molar-refractivity contribution >= 4 is 23.2 Å². The molecule has 118 valence electrons. The first-order valence-electron chi connectivity index (χ1n) is 8.08. The van der Waals surface area contributed by atoms with E-state index in [-0.39, 0.29) is 35.9 Å². The number of carbonyl (C=O) groups excluding carboxylic acids is 2. The molecule has 22 heavy (non-hydrogen) atoms. The summed E-state index contributed by atoms with van der Waals surface area (Å²) in [7, 11) is 1.88. The fourth-order valence-corrected chi connectivity index (χ4v) is 5.04. The van der Waals surface area contributed by atoms with Crippen LogP contribution >= 0.6 is 11.3 Å². The van der Waals surface area contributed by atoms with Gasteiger partial charge < -0.3 is 0 Å². The van der Waals surface area contributed by atoms with Crippen LogP contribution in [0.25, 0.3) is 0 Å². The molecule has 1 saturated carbocycles. The number of nitrogens with zero attached hydrogens (tertiary/aromatic N) is 2. The Labute approximate surface area is 134 Å². The fraction of sp³-hybridized carbons (Fsp3) is 0.625. The van der Waals surface area contributed by atoms with Gasteiger partial charge in [-0.05, 0) is 24.3 Å². The zero-order valence-corrected chi connectivity index (χ0v) is 13.5. The summed E-state index contributed by atoms with van der Waals surface area (Å²) in [5.41, 5.74) is 3.32. The first kappa shape index (κ1) is 14.4. The van der Waals surface area contributed by atoms with Gasteiger partial charge >= 0.3 is 0 Å². The van der Waals surface area contributed by atoms with Crippen LogP contribution in [0.4, 0.5) is 0 Å². The molecule has 3 aliphatic rings. The first-order chi connectivity index (χ1) is 10.7. The predicted octanol–water partition coefficient (Wildman–Crippen LogP) is 1.93. The molecule has 5 nitrogen and oxygen atoms in total. The Morgan fingerprint density at radius 3 is 2.64 bits per heavy atom. The third-order valence-corrected chi connectivity index (χ3v) is 6.22. The topological polar surface area (TPSA) is 52.7 Å². The Bertz CT molecular complexity index is 582. The summed E-state index contributed by atoms with van der Waals surface area (Å²) in [6.07, 6.45) is 5.41. The normalized spacial score (nSPS) is 33.7. The van der Waals surface area contributed by atoms with Crippen molar-refractivity contribution in [3.8, 4) is 0 Å². The summed E-state index contributed by atoms with van der Waals surface area (Å²) in [5, 5.41) is 3.86. The van der Waals surface area contributed by atoms with Crippen LogP contribution in [0.1, 0.15) is 43.0 Å². The highest BCUT2D eigenvalue weighted by Crippen LogP contribution is 2.42. The van der Waals surface area contributed by atoms with Crippen molar-refractivity contribution in [1.82, 2.24) is 15.3 Å². The third kappa shape index (κ3) is 2.05. The van der Waals surface area contributed by atoms with E-state index in [4.69, 9.17) is 0 Å². The van der Waals surface area contributed by atoms with Gasteiger partial charge in [-0.3, -0.25) is 14.5 Å². The maximum Gasteiger partial charge on any atom is 0.249 e. The van der Waals surface area contributed by atoms with Gasteiger partial charge in [-0.25, -0.2) is 10.4 Å². The van der Waals surface area contributed by atoms with E-state index in [1.807, 2.05) is 29.6 Å². The van der Waals surface area contributed by atoms with Crippen molar-refractivity contribution in [3.05, 3.63) is 22.4 Å². The van der Waals surface area contributed by atoms with Crippen LogP contribution in [0.2, 0.25) is 0 Å². The van der Waals surface area contributed by atoms with Crippen molar-refractivity contribution in [3.63, 3.8) is 0 Å². The first-order valence-corrected chi connectivity index (χ1v) is 8.96. The predicted molar refractivity (Wildman–Crippen MR) is 84.0 cm³/mol. The number of rotatable bonds is 2. The molecule has 1 aromatic rings. The van der Waals surface area contributed by atoms with Crippen molar-refractivity contribution in [1.29, 1.82) is 0 Å². The lowest BCUT2D eigenvalue weighted by Gasteiger charge is -2.31. The van der Waals surface area contributed by atoms with E-state index in [2.05, 4.69) is 5.43 Å².